The summed E-state index contributed by atoms with van der Waals surface area (Å²) < 4.78 is 1.14. The summed E-state index contributed by atoms with van der Waals surface area (Å²) in [5.41, 5.74) is 3.98. The van der Waals surface area contributed by atoms with Crippen LogP contribution in [0.1, 0.15) is 25.3 Å². The van der Waals surface area contributed by atoms with Gasteiger partial charge in [0.25, 0.3) is 0 Å². The molecule has 0 saturated carbocycles. The maximum absolute atomic E-state index is 3.72. The summed E-state index contributed by atoms with van der Waals surface area (Å²) in [6, 6.07) is 26.4. The van der Waals surface area contributed by atoms with Crippen molar-refractivity contribution in [2.75, 3.05) is 0 Å². The minimum Gasteiger partial charge on any atom is -0.0616 e. The van der Waals surface area contributed by atoms with Gasteiger partial charge in [-0.15, -0.1) is 0 Å². The third-order valence-corrected chi connectivity index (χ3v) is 5.41. The van der Waals surface area contributed by atoms with Gasteiger partial charge in [-0.05, 0) is 56.3 Å². The molecule has 0 N–H and O–H groups in total. The van der Waals surface area contributed by atoms with E-state index in [1.165, 1.54) is 38.2 Å². The molecular formula is C23H19Br. The molecular weight excluding hydrogens is 356 g/mol. The molecule has 24 heavy (non-hydrogen) atoms. The highest BCUT2D eigenvalue weighted by Gasteiger charge is 2.11. The van der Waals surface area contributed by atoms with E-state index < -0.39 is 0 Å². The Balaban J connectivity index is 2.09. The first kappa shape index (κ1) is 15.4. The van der Waals surface area contributed by atoms with Crippen LogP contribution in [0.5, 0.6) is 0 Å². The molecule has 0 spiro atoms. The second-order valence-electron chi connectivity index (χ2n) is 6.58. The summed E-state index contributed by atoms with van der Waals surface area (Å²) in [7, 11) is 0. The second kappa shape index (κ2) is 6.07. The van der Waals surface area contributed by atoms with E-state index in [2.05, 4.69) is 103 Å². The van der Waals surface area contributed by atoms with Crippen molar-refractivity contribution in [2.45, 2.75) is 19.8 Å². The van der Waals surface area contributed by atoms with Gasteiger partial charge in [0, 0.05) is 4.47 Å². The van der Waals surface area contributed by atoms with Crippen molar-refractivity contribution in [3.05, 3.63) is 82.8 Å². The lowest BCUT2D eigenvalue weighted by Gasteiger charge is -2.14. The third-order valence-electron chi connectivity index (χ3n) is 4.72. The van der Waals surface area contributed by atoms with Gasteiger partial charge in [-0.2, -0.15) is 0 Å². The van der Waals surface area contributed by atoms with Gasteiger partial charge in [0.1, 0.15) is 0 Å². The summed E-state index contributed by atoms with van der Waals surface area (Å²) >= 11 is 3.72. The average molecular weight is 375 g/mol. The first-order chi connectivity index (χ1) is 11.6. The van der Waals surface area contributed by atoms with Gasteiger partial charge >= 0.3 is 0 Å². The molecule has 0 nitrogen and oxygen atoms in total. The average Bonchev–Trinajstić information content (AvgIpc) is 2.60. The first-order valence-electron chi connectivity index (χ1n) is 8.35. The zero-order chi connectivity index (χ0) is 16.7. The minimum absolute atomic E-state index is 0.553. The molecule has 0 radical (unpaired) electrons. The molecule has 0 saturated heterocycles. The molecule has 0 aliphatic rings. The molecule has 0 bridgehead atoms. The molecule has 0 heterocycles. The fourth-order valence-corrected chi connectivity index (χ4v) is 3.88. The SMILES string of the molecule is CC(C)c1ccc(-c2c3ccccc3cc3c(Br)cccc23)cc1. The largest absolute Gasteiger partial charge is 0.0616 e. The van der Waals surface area contributed by atoms with Gasteiger partial charge in [0.15, 0.2) is 0 Å². The summed E-state index contributed by atoms with van der Waals surface area (Å²) in [6.07, 6.45) is 0. The van der Waals surface area contributed by atoms with Crippen molar-refractivity contribution in [3.8, 4) is 11.1 Å². The van der Waals surface area contributed by atoms with E-state index in [0.29, 0.717) is 5.92 Å². The first-order valence-corrected chi connectivity index (χ1v) is 9.15. The predicted molar refractivity (Wildman–Crippen MR) is 109 cm³/mol. The van der Waals surface area contributed by atoms with Crippen LogP contribution < -0.4 is 0 Å². The van der Waals surface area contributed by atoms with Gasteiger partial charge in [-0.1, -0.05) is 90.4 Å². The van der Waals surface area contributed by atoms with Crippen molar-refractivity contribution in [3.63, 3.8) is 0 Å². The van der Waals surface area contributed by atoms with Crippen LogP contribution in [0.4, 0.5) is 0 Å². The lowest BCUT2D eigenvalue weighted by molar-refractivity contribution is 0.867. The number of halogens is 1. The molecule has 0 unspecified atom stereocenters. The standard InChI is InChI=1S/C23H19Br/c1-15(2)16-10-12-17(13-11-16)23-19-7-4-3-6-18(19)14-21-20(23)8-5-9-22(21)24/h3-15H,1-2H3. The van der Waals surface area contributed by atoms with E-state index in [1.54, 1.807) is 0 Å². The number of hydrogen-bond acceptors (Lipinski definition) is 0. The van der Waals surface area contributed by atoms with Crippen molar-refractivity contribution in [2.24, 2.45) is 0 Å². The lowest BCUT2D eigenvalue weighted by Crippen LogP contribution is -1.89. The normalized spacial score (nSPS) is 11.5. The van der Waals surface area contributed by atoms with Crippen molar-refractivity contribution >= 4 is 37.5 Å². The van der Waals surface area contributed by atoms with Crippen LogP contribution >= 0.6 is 15.9 Å². The van der Waals surface area contributed by atoms with Gasteiger partial charge in [-0.25, -0.2) is 0 Å². The van der Waals surface area contributed by atoms with Crippen molar-refractivity contribution in [1.82, 2.24) is 0 Å². The Kier molecular flexibility index (Phi) is 3.90. The Morgan fingerprint density at radius 1 is 0.708 bits per heavy atom. The van der Waals surface area contributed by atoms with Gasteiger partial charge in [0.05, 0.1) is 0 Å². The Hall–Kier alpha value is -2.12. The van der Waals surface area contributed by atoms with Gasteiger partial charge in [-0.3, -0.25) is 0 Å². The van der Waals surface area contributed by atoms with Crippen LogP contribution in [0.15, 0.2) is 77.3 Å². The summed E-state index contributed by atoms with van der Waals surface area (Å²) in [5.74, 6) is 0.553. The summed E-state index contributed by atoms with van der Waals surface area (Å²) in [4.78, 5) is 0. The van der Waals surface area contributed by atoms with Crippen molar-refractivity contribution in [1.29, 1.82) is 0 Å². The fraction of sp³-hybridized carbons (Fsp3) is 0.130. The second-order valence-corrected chi connectivity index (χ2v) is 7.44. The van der Waals surface area contributed by atoms with Crippen LogP contribution in [0, 0.1) is 0 Å². The topological polar surface area (TPSA) is 0 Å². The maximum atomic E-state index is 3.72. The maximum Gasteiger partial charge on any atom is 0.0254 e. The zero-order valence-electron chi connectivity index (χ0n) is 13.9. The van der Waals surface area contributed by atoms with Crippen LogP contribution in [0.2, 0.25) is 0 Å². The van der Waals surface area contributed by atoms with Crippen LogP contribution in [-0.2, 0) is 0 Å². The van der Waals surface area contributed by atoms with Crippen molar-refractivity contribution < 1.29 is 0 Å². The third kappa shape index (κ3) is 2.53. The highest BCUT2D eigenvalue weighted by molar-refractivity contribution is 9.10. The molecule has 0 aliphatic carbocycles. The Morgan fingerprint density at radius 2 is 1.42 bits per heavy atom. The number of hydrogen-bond donors (Lipinski definition) is 0. The molecule has 4 aromatic rings. The molecule has 4 rings (SSSR count). The number of rotatable bonds is 2. The fourth-order valence-electron chi connectivity index (χ4n) is 3.40. The number of benzene rings is 4. The van der Waals surface area contributed by atoms with Crippen LogP contribution in [0.25, 0.3) is 32.7 Å². The molecule has 0 amide bonds. The molecule has 118 valence electrons. The monoisotopic (exact) mass is 374 g/mol. The highest BCUT2D eigenvalue weighted by Crippen LogP contribution is 2.39. The molecule has 0 aromatic heterocycles. The smallest absolute Gasteiger partial charge is 0.0254 e. The zero-order valence-corrected chi connectivity index (χ0v) is 15.5. The van der Waals surface area contributed by atoms with E-state index in [4.69, 9.17) is 0 Å². The summed E-state index contributed by atoms with van der Waals surface area (Å²) in [5, 5.41) is 5.14. The van der Waals surface area contributed by atoms with Crippen LogP contribution in [0.3, 0.4) is 0 Å². The molecule has 0 aliphatic heterocycles. The Bertz CT molecular complexity index is 1030. The van der Waals surface area contributed by atoms with Gasteiger partial charge in [0.2, 0.25) is 0 Å². The minimum atomic E-state index is 0.553. The van der Waals surface area contributed by atoms with E-state index in [9.17, 15) is 0 Å². The Labute approximate surface area is 151 Å². The van der Waals surface area contributed by atoms with E-state index in [1.807, 2.05) is 0 Å². The van der Waals surface area contributed by atoms with E-state index in [-0.39, 0.29) is 0 Å². The Morgan fingerprint density at radius 3 is 2.17 bits per heavy atom. The predicted octanol–water partition coefficient (Wildman–Crippen LogP) is 7.55. The number of fused-ring (bicyclic) bond motifs is 2. The van der Waals surface area contributed by atoms with E-state index in [0.717, 1.165) is 4.47 Å². The highest BCUT2D eigenvalue weighted by atomic mass is 79.9. The molecule has 4 aromatic carbocycles. The van der Waals surface area contributed by atoms with Gasteiger partial charge < -0.3 is 0 Å². The van der Waals surface area contributed by atoms with E-state index >= 15 is 0 Å². The van der Waals surface area contributed by atoms with Crippen LogP contribution in [-0.4, -0.2) is 0 Å². The molecule has 0 atom stereocenters. The lowest BCUT2D eigenvalue weighted by atomic mass is 9.91. The molecule has 1 heteroatoms. The quantitative estimate of drug-likeness (QED) is 0.317. The molecule has 0 fully saturated rings. The summed E-state index contributed by atoms with van der Waals surface area (Å²) in [6.45, 7) is 4.47.